The summed E-state index contributed by atoms with van der Waals surface area (Å²) in [6, 6.07) is 14.4. The number of carbonyl (C=O) groups excluding carboxylic acids is 1. The van der Waals surface area contributed by atoms with E-state index in [1.807, 2.05) is 49.9 Å². The number of ether oxygens (including phenoxy) is 1. The molecule has 0 aliphatic carbocycles. The molecule has 0 radical (unpaired) electrons. The molecule has 2 aromatic rings. The molecule has 2 fully saturated rings. The lowest BCUT2D eigenvalue weighted by molar-refractivity contribution is -0.0616. The first-order chi connectivity index (χ1) is 12.3. The Morgan fingerprint density at radius 3 is 2.35 bits per heavy atom. The molecule has 1 N–H and O–H groups in total. The van der Waals surface area contributed by atoms with E-state index in [0.717, 1.165) is 29.2 Å². The normalized spacial score (nSPS) is 28.4. The van der Waals surface area contributed by atoms with Gasteiger partial charge in [0.2, 0.25) is 0 Å². The molecule has 0 spiro atoms. The number of benzene rings is 2. The van der Waals surface area contributed by atoms with E-state index in [1.165, 1.54) is 0 Å². The Bertz CT molecular complexity index is 819. The molecule has 2 aliphatic heterocycles. The Labute approximate surface area is 154 Å². The maximum absolute atomic E-state index is 12.7. The van der Waals surface area contributed by atoms with E-state index in [9.17, 15) is 9.90 Å². The summed E-state index contributed by atoms with van der Waals surface area (Å²) < 4.78 is 5.61. The molecule has 4 heteroatoms. The van der Waals surface area contributed by atoms with E-state index in [0.29, 0.717) is 12.8 Å². The van der Waals surface area contributed by atoms with Crippen molar-refractivity contribution in [3.63, 3.8) is 0 Å². The molecule has 2 unspecified atom stereocenters. The van der Waals surface area contributed by atoms with Crippen LogP contribution in [0.5, 0.6) is 0 Å². The van der Waals surface area contributed by atoms with Crippen LogP contribution < -0.4 is 0 Å². The average molecular weight is 353 g/mol. The maximum atomic E-state index is 12.7. The number of hydrogen-bond donors (Lipinski definition) is 1. The standard InChI is InChI=1S/C22H27NO3/c1-21(2,3)26-20(24)23-16-11-12-17(23)14-22(25,13-16)19-10-6-8-15-7-4-5-9-18(15)19/h4-10,16-17,25H,11-14H2,1-3H3. The van der Waals surface area contributed by atoms with Crippen molar-refractivity contribution >= 4 is 16.9 Å². The van der Waals surface area contributed by atoms with Crippen LogP contribution in [0.2, 0.25) is 0 Å². The van der Waals surface area contributed by atoms with Gasteiger partial charge in [-0.25, -0.2) is 4.79 Å². The summed E-state index contributed by atoms with van der Waals surface area (Å²) in [4.78, 5) is 14.5. The molecular weight excluding hydrogens is 326 g/mol. The second-order valence-electron chi connectivity index (χ2n) is 8.74. The van der Waals surface area contributed by atoms with Crippen LogP contribution in [0.3, 0.4) is 0 Å². The van der Waals surface area contributed by atoms with Crippen LogP contribution in [0.15, 0.2) is 42.5 Å². The number of aliphatic hydroxyl groups is 1. The number of hydrogen-bond acceptors (Lipinski definition) is 3. The monoisotopic (exact) mass is 353 g/mol. The molecule has 2 heterocycles. The zero-order chi connectivity index (χ0) is 18.5. The lowest BCUT2D eigenvalue weighted by atomic mass is 9.79. The summed E-state index contributed by atoms with van der Waals surface area (Å²) >= 11 is 0. The highest BCUT2D eigenvalue weighted by molar-refractivity contribution is 5.86. The van der Waals surface area contributed by atoms with Crippen LogP contribution in [-0.2, 0) is 10.3 Å². The number of rotatable bonds is 1. The van der Waals surface area contributed by atoms with Crippen molar-refractivity contribution < 1.29 is 14.6 Å². The summed E-state index contributed by atoms with van der Waals surface area (Å²) in [5.41, 5.74) is -0.415. The van der Waals surface area contributed by atoms with Gasteiger partial charge in [0.1, 0.15) is 5.60 Å². The molecule has 26 heavy (non-hydrogen) atoms. The third-order valence-corrected chi connectivity index (χ3v) is 5.66. The first-order valence-corrected chi connectivity index (χ1v) is 9.49. The zero-order valence-electron chi connectivity index (χ0n) is 15.7. The molecule has 4 rings (SSSR count). The van der Waals surface area contributed by atoms with Crippen LogP contribution >= 0.6 is 0 Å². The van der Waals surface area contributed by atoms with Crippen molar-refractivity contribution in [3.05, 3.63) is 48.0 Å². The van der Waals surface area contributed by atoms with Crippen LogP contribution in [0, 0.1) is 0 Å². The highest BCUT2D eigenvalue weighted by Gasteiger charge is 2.51. The second kappa shape index (κ2) is 5.98. The van der Waals surface area contributed by atoms with Gasteiger partial charge >= 0.3 is 6.09 Å². The maximum Gasteiger partial charge on any atom is 0.410 e. The van der Waals surface area contributed by atoms with Crippen molar-refractivity contribution in [2.24, 2.45) is 0 Å². The summed E-state index contributed by atoms with van der Waals surface area (Å²) in [6.07, 6.45) is 2.74. The van der Waals surface area contributed by atoms with Crippen molar-refractivity contribution in [3.8, 4) is 0 Å². The number of piperidine rings is 1. The third kappa shape index (κ3) is 2.96. The highest BCUT2D eigenvalue weighted by atomic mass is 16.6. The zero-order valence-corrected chi connectivity index (χ0v) is 15.7. The minimum absolute atomic E-state index is 0.0348. The van der Waals surface area contributed by atoms with Crippen LogP contribution in [-0.4, -0.2) is 33.8 Å². The van der Waals surface area contributed by atoms with E-state index >= 15 is 0 Å². The summed E-state index contributed by atoms with van der Waals surface area (Å²) in [5, 5.41) is 13.8. The van der Waals surface area contributed by atoms with Gasteiger partial charge in [-0.1, -0.05) is 42.5 Å². The minimum Gasteiger partial charge on any atom is -0.444 e. The van der Waals surface area contributed by atoms with Crippen LogP contribution in [0.1, 0.15) is 52.0 Å². The molecule has 2 aliphatic rings. The fraction of sp³-hybridized carbons (Fsp3) is 0.500. The Kier molecular flexibility index (Phi) is 3.99. The third-order valence-electron chi connectivity index (χ3n) is 5.66. The predicted octanol–water partition coefficient (Wildman–Crippen LogP) is 4.59. The van der Waals surface area contributed by atoms with Gasteiger partial charge < -0.3 is 14.7 Å². The topological polar surface area (TPSA) is 49.8 Å². The van der Waals surface area contributed by atoms with Crippen LogP contribution in [0.4, 0.5) is 4.79 Å². The lowest BCUT2D eigenvalue weighted by Crippen LogP contribution is -2.53. The second-order valence-corrected chi connectivity index (χ2v) is 8.74. The number of carbonyl (C=O) groups is 1. The molecular formula is C22H27NO3. The smallest absolute Gasteiger partial charge is 0.410 e. The van der Waals surface area contributed by atoms with Gasteiger partial charge in [-0.3, -0.25) is 0 Å². The SMILES string of the molecule is CC(C)(C)OC(=O)N1C2CCC1CC(O)(c1cccc3ccccc13)C2. The average Bonchev–Trinajstić information content (AvgIpc) is 2.85. The fourth-order valence-electron chi connectivity index (χ4n) is 4.69. The molecule has 0 aromatic heterocycles. The van der Waals surface area contributed by atoms with Gasteiger partial charge in [-0.15, -0.1) is 0 Å². The lowest BCUT2D eigenvalue weighted by Gasteiger charge is -2.44. The molecule has 4 nitrogen and oxygen atoms in total. The van der Waals surface area contributed by atoms with E-state index in [1.54, 1.807) is 0 Å². The van der Waals surface area contributed by atoms with Gasteiger partial charge in [-0.2, -0.15) is 0 Å². The van der Waals surface area contributed by atoms with E-state index in [2.05, 4.69) is 18.2 Å². The minimum atomic E-state index is -0.898. The summed E-state index contributed by atoms with van der Waals surface area (Å²) in [7, 11) is 0. The number of nitrogens with zero attached hydrogens (tertiary/aromatic N) is 1. The van der Waals surface area contributed by atoms with E-state index in [4.69, 9.17) is 4.74 Å². The molecule has 2 aromatic carbocycles. The van der Waals surface area contributed by atoms with E-state index in [-0.39, 0.29) is 18.2 Å². The molecule has 2 atom stereocenters. The number of fused-ring (bicyclic) bond motifs is 3. The first-order valence-electron chi connectivity index (χ1n) is 9.49. The summed E-state index contributed by atoms with van der Waals surface area (Å²) in [5.74, 6) is 0. The molecule has 2 bridgehead atoms. The van der Waals surface area contributed by atoms with Crippen molar-refractivity contribution in [2.75, 3.05) is 0 Å². The first kappa shape index (κ1) is 17.3. The molecule has 138 valence electrons. The molecule has 1 amide bonds. The molecule has 2 saturated heterocycles. The predicted molar refractivity (Wildman–Crippen MR) is 102 cm³/mol. The van der Waals surface area contributed by atoms with Gasteiger partial charge in [0.25, 0.3) is 0 Å². The van der Waals surface area contributed by atoms with Crippen molar-refractivity contribution in [1.82, 2.24) is 4.90 Å². The Morgan fingerprint density at radius 2 is 1.69 bits per heavy atom. The Hall–Kier alpha value is -2.07. The quantitative estimate of drug-likeness (QED) is 0.816. The largest absolute Gasteiger partial charge is 0.444 e. The van der Waals surface area contributed by atoms with Gasteiger partial charge in [-0.05, 0) is 49.9 Å². The molecule has 0 saturated carbocycles. The van der Waals surface area contributed by atoms with Gasteiger partial charge in [0.15, 0.2) is 0 Å². The van der Waals surface area contributed by atoms with Crippen LogP contribution in [0.25, 0.3) is 10.8 Å². The Morgan fingerprint density at radius 1 is 1.08 bits per heavy atom. The van der Waals surface area contributed by atoms with Gasteiger partial charge in [0.05, 0.1) is 5.60 Å². The number of amides is 1. The highest BCUT2D eigenvalue weighted by Crippen LogP contribution is 2.47. The van der Waals surface area contributed by atoms with Crippen molar-refractivity contribution in [2.45, 2.75) is 69.7 Å². The summed E-state index contributed by atoms with van der Waals surface area (Å²) in [6.45, 7) is 5.68. The van der Waals surface area contributed by atoms with E-state index < -0.39 is 11.2 Å². The van der Waals surface area contributed by atoms with Crippen molar-refractivity contribution in [1.29, 1.82) is 0 Å². The fourth-order valence-corrected chi connectivity index (χ4v) is 4.69. The van der Waals surface area contributed by atoms with Gasteiger partial charge in [0, 0.05) is 24.9 Å². The Balaban J connectivity index is 1.65.